The number of carbonyl (C=O) groups is 1. The Morgan fingerprint density at radius 2 is 2.00 bits per heavy atom. The maximum atomic E-state index is 12.3. The fraction of sp³-hybridized carbons (Fsp3) is 0.0556. The van der Waals surface area contributed by atoms with E-state index in [9.17, 15) is 9.59 Å². The van der Waals surface area contributed by atoms with Crippen molar-refractivity contribution in [2.75, 3.05) is 5.32 Å². The third-order valence-electron chi connectivity index (χ3n) is 3.66. The van der Waals surface area contributed by atoms with Crippen molar-refractivity contribution in [2.45, 2.75) is 6.54 Å². The molecule has 1 N–H and O–H groups in total. The summed E-state index contributed by atoms with van der Waals surface area (Å²) in [6, 6.07) is 10.0. The third kappa shape index (κ3) is 3.82. The van der Waals surface area contributed by atoms with E-state index in [1.54, 1.807) is 30.6 Å². The average Bonchev–Trinajstić information content (AvgIpc) is 3.36. The molecular weight excluding hydrogens is 366 g/mol. The molecule has 0 saturated heterocycles. The van der Waals surface area contributed by atoms with Gasteiger partial charge in [-0.1, -0.05) is 0 Å². The van der Waals surface area contributed by atoms with Gasteiger partial charge in [0.15, 0.2) is 10.9 Å². The zero-order valence-electron chi connectivity index (χ0n) is 13.9. The number of rotatable bonds is 5. The van der Waals surface area contributed by atoms with Crippen LogP contribution >= 0.6 is 11.3 Å². The minimum Gasteiger partial charge on any atom is -0.463 e. The lowest BCUT2D eigenvalue weighted by Gasteiger charge is -2.05. The number of nitrogens with one attached hydrogen (secondary N) is 1. The number of pyridine rings is 1. The molecular formula is C18H13N5O3S. The van der Waals surface area contributed by atoms with Crippen LogP contribution in [0.15, 0.2) is 69.6 Å². The molecule has 0 unspecified atom stereocenters. The van der Waals surface area contributed by atoms with Crippen LogP contribution in [-0.4, -0.2) is 25.7 Å². The van der Waals surface area contributed by atoms with Gasteiger partial charge in [0, 0.05) is 29.4 Å². The van der Waals surface area contributed by atoms with Gasteiger partial charge in [0.05, 0.1) is 12.0 Å². The topological polar surface area (TPSA) is 103 Å². The van der Waals surface area contributed by atoms with Gasteiger partial charge in [-0.3, -0.25) is 14.6 Å². The summed E-state index contributed by atoms with van der Waals surface area (Å²) in [6.07, 6.45) is 4.87. The van der Waals surface area contributed by atoms with Gasteiger partial charge in [-0.05, 0) is 30.3 Å². The van der Waals surface area contributed by atoms with Crippen LogP contribution in [0.1, 0.15) is 0 Å². The van der Waals surface area contributed by atoms with Crippen molar-refractivity contribution in [3.63, 3.8) is 0 Å². The lowest BCUT2D eigenvalue weighted by atomic mass is 10.2. The zero-order chi connectivity index (χ0) is 18.6. The van der Waals surface area contributed by atoms with Gasteiger partial charge in [-0.2, -0.15) is 5.10 Å². The number of nitrogens with zero attached hydrogens (tertiary/aromatic N) is 4. The first-order valence-corrected chi connectivity index (χ1v) is 8.85. The summed E-state index contributed by atoms with van der Waals surface area (Å²) in [6.45, 7) is -0.225. The highest BCUT2D eigenvalue weighted by atomic mass is 32.1. The van der Waals surface area contributed by atoms with Crippen LogP contribution in [-0.2, 0) is 11.3 Å². The number of hydrogen-bond donors (Lipinski definition) is 1. The van der Waals surface area contributed by atoms with Crippen LogP contribution in [0.25, 0.3) is 22.7 Å². The number of furan rings is 1. The average molecular weight is 379 g/mol. The number of amides is 1. The van der Waals surface area contributed by atoms with Gasteiger partial charge in [0.25, 0.3) is 5.56 Å². The van der Waals surface area contributed by atoms with Crippen LogP contribution in [0.4, 0.5) is 5.13 Å². The molecule has 1 amide bonds. The smallest absolute Gasteiger partial charge is 0.267 e. The molecule has 9 heteroatoms. The van der Waals surface area contributed by atoms with E-state index in [-0.39, 0.29) is 12.1 Å². The first-order valence-electron chi connectivity index (χ1n) is 7.97. The molecule has 4 rings (SSSR count). The first kappa shape index (κ1) is 16.9. The molecule has 0 aliphatic carbocycles. The quantitative estimate of drug-likeness (QED) is 0.572. The maximum Gasteiger partial charge on any atom is 0.267 e. The van der Waals surface area contributed by atoms with Gasteiger partial charge in [0.1, 0.15) is 12.2 Å². The first-order chi connectivity index (χ1) is 13.2. The van der Waals surface area contributed by atoms with Gasteiger partial charge < -0.3 is 9.73 Å². The number of aromatic nitrogens is 4. The largest absolute Gasteiger partial charge is 0.463 e. The van der Waals surface area contributed by atoms with Gasteiger partial charge >= 0.3 is 0 Å². The van der Waals surface area contributed by atoms with E-state index in [0.717, 1.165) is 15.9 Å². The van der Waals surface area contributed by atoms with E-state index in [1.807, 2.05) is 17.5 Å². The Hall–Kier alpha value is -3.59. The Bertz CT molecular complexity index is 1120. The molecule has 0 fully saturated rings. The van der Waals surface area contributed by atoms with Crippen molar-refractivity contribution in [1.29, 1.82) is 0 Å². The fourth-order valence-electron chi connectivity index (χ4n) is 2.40. The van der Waals surface area contributed by atoms with E-state index in [1.165, 1.54) is 23.7 Å². The Morgan fingerprint density at radius 1 is 1.15 bits per heavy atom. The van der Waals surface area contributed by atoms with Crippen molar-refractivity contribution < 1.29 is 9.21 Å². The molecule has 0 aromatic carbocycles. The molecule has 0 saturated carbocycles. The van der Waals surface area contributed by atoms with Crippen molar-refractivity contribution in [3.8, 4) is 22.7 Å². The number of thiazole rings is 1. The van der Waals surface area contributed by atoms with E-state index >= 15 is 0 Å². The minimum absolute atomic E-state index is 0.225. The maximum absolute atomic E-state index is 12.3. The van der Waals surface area contributed by atoms with Crippen LogP contribution in [0.5, 0.6) is 0 Å². The molecule has 0 spiro atoms. The molecule has 0 aliphatic rings. The number of anilines is 1. The second kappa shape index (κ2) is 7.34. The van der Waals surface area contributed by atoms with Crippen LogP contribution in [0.3, 0.4) is 0 Å². The van der Waals surface area contributed by atoms with Crippen molar-refractivity contribution in [3.05, 3.63) is 70.8 Å². The Kier molecular flexibility index (Phi) is 4.58. The molecule has 0 atom stereocenters. The number of carbonyl (C=O) groups excluding carboxylic acids is 1. The summed E-state index contributed by atoms with van der Waals surface area (Å²) < 4.78 is 6.36. The Morgan fingerprint density at radius 3 is 2.78 bits per heavy atom. The number of hydrogen-bond acceptors (Lipinski definition) is 7. The van der Waals surface area contributed by atoms with Crippen molar-refractivity contribution in [2.24, 2.45) is 0 Å². The highest BCUT2D eigenvalue weighted by molar-refractivity contribution is 7.14. The molecule has 134 valence electrons. The predicted molar refractivity (Wildman–Crippen MR) is 100 cm³/mol. The summed E-state index contributed by atoms with van der Waals surface area (Å²) in [5.41, 5.74) is 1.75. The molecule has 4 aromatic rings. The lowest BCUT2D eigenvalue weighted by molar-refractivity contribution is -0.117. The van der Waals surface area contributed by atoms with Gasteiger partial charge in [-0.25, -0.2) is 9.67 Å². The minimum atomic E-state index is -0.392. The second-order valence-corrected chi connectivity index (χ2v) is 6.37. The predicted octanol–water partition coefficient (Wildman–Crippen LogP) is 2.66. The monoisotopic (exact) mass is 379 g/mol. The standard InChI is InChI=1S/C18H13N5O3S/c24-16(21-18-20-14(11-27-18)12-5-7-19-8-6-12)10-23-17(25)4-3-13(22-23)15-2-1-9-26-15/h1-9,11H,10H2,(H,20,21,24). The molecule has 8 nitrogen and oxygen atoms in total. The van der Waals surface area contributed by atoms with E-state index in [4.69, 9.17) is 4.42 Å². The lowest BCUT2D eigenvalue weighted by Crippen LogP contribution is -2.29. The summed E-state index contributed by atoms with van der Waals surface area (Å²) in [4.78, 5) is 32.6. The summed E-state index contributed by atoms with van der Waals surface area (Å²) >= 11 is 1.30. The van der Waals surface area contributed by atoms with E-state index in [2.05, 4.69) is 20.4 Å². The normalized spacial score (nSPS) is 10.7. The molecule has 27 heavy (non-hydrogen) atoms. The highest BCUT2D eigenvalue weighted by Crippen LogP contribution is 2.24. The van der Waals surface area contributed by atoms with Crippen LogP contribution < -0.4 is 10.9 Å². The van der Waals surface area contributed by atoms with E-state index in [0.29, 0.717) is 16.6 Å². The van der Waals surface area contributed by atoms with Crippen LogP contribution in [0.2, 0.25) is 0 Å². The fourth-order valence-corrected chi connectivity index (χ4v) is 3.14. The molecule has 0 radical (unpaired) electrons. The SMILES string of the molecule is O=C(Cn1nc(-c2ccco2)ccc1=O)Nc1nc(-c2ccncc2)cs1. The summed E-state index contributed by atoms with van der Waals surface area (Å²) in [5, 5.41) is 9.15. The van der Waals surface area contributed by atoms with Crippen molar-refractivity contribution >= 4 is 22.4 Å². The van der Waals surface area contributed by atoms with Crippen LogP contribution in [0, 0.1) is 0 Å². The van der Waals surface area contributed by atoms with Gasteiger partial charge in [-0.15, -0.1) is 11.3 Å². The highest BCUT2D eigenvalue weighted by Gasteiger charge is 2.12. The molecule has 4 aromatic heterocycles. The Balaban J connectivity index is 1.48. The van der Waals surface area contributed by atoms with Gasteiger partial charge in [0.2, 0.25) is 5.91 Å². The summed E-state index contributed by atoms with van der Waals surface area (Å²) in [5.74, 6) is 0.128. The second-order valence-electron chi connectivity index (χ2n) is 5.51. The zero-order valence-corrected chi connectivity index (χ0v) is 14.7. The summed E-state index contributed by atoms with van der Waals surface area (Å²) in [7, 11) is 0. The van der Waals surface area contributed by atoms with E-state index < -0.39 is 5.91 Å². The third-order valence-corrected chi connectivity index (χ3v) is 4.42. The molecule has 0 aliphatic heterocycles. The Labute approximate surface area is 157 Å². The molecule has 4 heterocycles. The van der Waals surface area contributed by atoms with Crippen molar-refractivity contribution in [1.82, 2.24) is 19.7 Å². The molecule has 0 bridgehead atoms.